The van der Waals surface area contributed by atoms with Gasteiger partial charge in [-0.05, 0) is 31.5 Å². The molecular weight excluding hydrogens is 300 g/mol. The van der Waals surface area contributed by atoms with Gasteiger partial charge in [-0.3, -0.25) is 9.59 Å². The number of amides is 1. The Hall–Kier alpha value is -2.62. The molecule has 24 heavy (non-hydrogen) atoms. The lowest BCUT2D eigenvalue weighted by molar-refractivity contribution is -0.126. The van der Waals surface area contributed by atoms with Gasteiger partial charge in [-0.2, -0.15) is 0 Å². The first-order valence-electron chi connectivity index (χ1n) is 8.26. The molecule has 1 aliphatic rings. The highest BCUT2D eigenvalue weighted by molar-refractivity contribution is 6.42. The molecule has 1 amide bonds. The molecule has 0 N–H and O–H groups in total. The van der Waals surface area contributed by atoms with Crippen molar-refractivity contribution in [1.29, 1.82) is 0 Å². The molecule has 0 saturated carbocycles. The summed E-state index contributed by atoms with van der Waals surface area (Å²) in [7, 11) is 0. The van der Waals surface area contributed by atoms with Crippen LogP contribution in [0.5, 0.6) is 0 Å². The standard InChI is InChI=1S/C20H22N2O2/c1-15-6-8-17(9-7-15)19(23)20(24)22-12-10-21(11-13-22)18-5-3-4-16(2)14-18/h3-9,14H,10-13H2,1-2H3. The van der Waals surface area contributed by atoms with E-state index in [1.54, 1.807) is 17.0 Å². The number of carbonyl (C=O) groups excluding carboxylic acids is 2. The Morgan fingerprint density at radius 3 is 2.12 bits per heavy atom. The minimum Gasteiger partial charge on any atom is -0.368 e. The van der Waals surface area contributed by atoms with E-state index in [0.29, 0.717) is 18.7 Å². The normalized spacial score (nSPS) is 14.6. The van der Waals surface area contributed by atoms with Crippen LogP contribution in [-0.4, -0.2) is 42.8 Å². The fourth-order valence-electron chi connectivity index (χ4n) is 2.96. The second-order valence-electron chi connectivity index (χ2n) is 6.31. The smallest absolute Gasteiger partial charge is 0.295 e. The third-order valence-corrected chi connectivity index (χ3v) is 4.44. The van der Waals surface area contributed by atoms with Crippen LogP contribution in [0, 0.1) is 13.8 Å². The highest BCUT2D eigenvalue weighted by atomic mass is 16.2. The number of aryl methyl sites for hydroxylation is 2. The molecule has 0 spiro atoms. The summed E-state index contributed by atoms with van der Waals surface area (Å²) in [6.07, 6.45) is 0. The van der Waals surface area contributed by atoms with Crippen LogP contribution >= 0.6 is 0 Å². The Balaban J connectivity index is 1.62. The molecule has 124 valence electrons. The third-order valence-electron chi connectivity index (χ3n) is 4.44. The van der Waals surface area contributed by atoms with Crippen LogP contribution in [0.15, 0.2) is 48.5 Å². The first-order chi connectivity index (χ1) is 11.5. The summed E-state index contributed by atoms with van der Waals surface area (Å²) in [5, 5.41) is 0. The maximum Gasteiger partial charge on any atom is 0.295 e. The summed E-state index contributed by atoms with van der Waals surface area (Å²) in [5.74, 6) is -0.818. The zero-order valence-electron chi connectivity index (χ0n) is 14.2. The maximum atomic E-state index is 12.4. The van der Waals surface area contributed by atoms with Gasteiger partial charge in [0.2, 0.25) is 5.78 Å². The van der Waals surface area contributed by atoms with Crippen LogP contribution in [0.25, 0.3) is 0 Å². The highest BCUT2D eigenvalue weighted by Gasteiger charge is 2.26. The van der Waals surface area contributed by atoms with Crippen molar-refractivity contribution in [3.05, 3.63) is 65.2 Å². The van der Waals surface area contributed by atoms with Gasteiger partial charge in [0, 0.05) is 37.4 Å². The second kappa shape index (κ2) is 6.87. The number of piperazine rings is 1. The largest absolute Gasteiger partial charge is 0.368 e. The van der Waals surface area contributed by atoms with Gasteiger partial charge >= 0.3 is 0 Å². The van der Waals surface area contributed by atoms with Gasteiger partial charge in [0.15, 0.2) is 0 Å². The van der Waals surface area contributed by atoms with Crippen LogP contribution < -0.4 is 4.90 Å². The lowest BCUT2D eigenvalue weighted by Gasteiger charge is -2.36. The average molecular weight is 322 g/mol. The fraction of sp³-hybridized carbons (Fsp3) is 0.300. The molecule has 4 nitrogen and oxygen atoms in total. The lowest BCUT2D eigenvalue weighted by Crippen LogP contribution is -2.50. The molecule has 1 saturated heterocycles. The molecule has 3 rings (SSSR count). The minimum absolute atomic E-state index is 0.400. The van der Waals surface area contributed by atoms with E-state index in [0.717, 1.165) is 18.7 Å². The molecule has 0 atom stereocenters. The summed E-state index contributed by atoms with van der Waals surface area (Å²) in [6, 6.07) is 15.5. The molecule has 0 bridgehead atoms. The van der Waals surface area contributed by atoms with Crippen molar-refractivity contribution in [2.45, 2.75) is 13.8 Å². The van der Waals surface area contributed by atoms with E-state index in [-0.39, 0.29) is 0 Å². The van der Waals surface area contributed by atoms with E-state index >= 15 is 0 Å². The van der Waals surface area contributed by atoms with Crippen molar-refractivity contribution in [1.82, 2.24) is 4.90 Å². The summed E-state index contributed by atoms with van der Waals surface area (Å²) in [5.41, 5.74) is 3.94. The van der Waals surface area contributed by atoms with E-state index in [2.05, 4.69) is 30.0 Å². The second-order valence-corrected chi connectivity index (χ2v) is 6.31. The van der Waals surface area contributed by atoms with Crippen molar-refractivity contribution in [3.8, 4) is 0 Å². The minimum atomic E-state index is -0.418. The topological polar surface area (TPSA) is 40.6 Å². The van der Waals surface area contributed by atoms with Crippen molar-refractivity contribution >= 4 is 17.4 Å². The van der Waals surface area contributed by atoms with Gasteiger partial charge in [-0.25, -0.2) is 0 Å². The van der Waals surface area contributed by atoms with Gasteiger partial charge in [0.1, 0.15) is 0 Å². The third kappa shape index (κ3) is 3.48. The van der Waals surface area contributed by atoms with Gasteiger partial charge < -0.3 is 9.80 Å². The Morgan fingerprint density at radius 2 is 1.50 bits per heavy atom. The zero-order chi connectivity index (χ0) is 17.1. The number of nitrogens with zero attached hydrogens (tertiary/aromatic N) is 2. The van der Waals surface area contributed by atoms with Gasteiger partial charge in [0.25, 0.3) is 5.91 Å². The first-order valence-corrected chi connectivity index (χ1v) is 8.26. The van der Waals surface area contributed by atoms with E-state index in [4.69, 9.17) is 0 Å². The molecule has 2 aromatic rings. The van der Waals surface area contributed by atoms with Gasteiger partial charge in [-0.15, -0.1) is 0 Å². The van der Waals surface area contributed by atoms with E-state index < -0.39 is 11.7 Å². The number of Topliss-reactive ketones (excluding diaryl/α,β-unsaturated/α-hetero) is 1. The number of benzene rings is 2. The summed E-state index contributed by atoms with van der Waals surface area (Å²) < 4.78 is 0. The monoisotopic (exact) mass is 322 g/mol. The Bertz CT molecular complexity index is 744. The molecule has 0 aliphatic carbocycles. The van der Waals surface area contributed by atoms with Gasteiger partial charge in [0.05, 0.1) is 0 Å². The number of hydrogen-bond donors (Lipinski definition) is 0. The van der Waals surface area contributed by atoms with Crippen molar-refractivity contribution in [3.63, 3.8) is 0 Å². The zero-order valence-corrected chi connectivity index (χ0v) is 14.2. The van der Waals surface area contributed by atoms with E-state index in [9.17, 15) is 9.59 Å². The maximum absolute atomic E-state index is 12.4. The number of anilines is 1. The average Bonchev–Trinajstić information content (AvgIpc) is 2.61. The molecule has 0 radical (unpaired) electrons. The Labute approximate surface area is 142 Å². The highest BCUT2D eigenvalue weighted by Crippen LogP contribution is 2.18. The lowest BCUT2D eigenvalue weighted by atomic mass is 10.1. The van der Waals surface area contributed by atoms with Gasteiger partial charge in [-0.1, -0.05) is 42.0 Å². The summed E-state index contributed by atoms with van der Waals surface area (Å²) >= 11 is 0. The number of hydrogen-bond acceptors (Lipinski definition) is 3. The SMILES string of the molecule is Cc1ccc(C(=O)C(=O)N2CCN(c3cccc(C)c3)CC2)cc1. The van der Waals surface area contributed by atoms with Crippen molar-refractivity contribution in [2.24, 2.45) is 0 Å². The van der Waals surface area contributed by atoms with E-state index in [1.807, 2.05) is 25.1 Å². The van der Waals surface area contributed by atoms with Crippen LogP contribution in [0.4, 0.5) is 5.69 Å². The van der Waals surface area contributed by atoms with Crippen molar-refractivity contribution in [2.75, 3.05) is 31.1 Å². The number of carbonyl (C=O) groups is 2. The van der Waals surface area contributed by atoms with E-state index in [1.165, 1.54) is 11.3 Å². The molecule has 4 heteroatoms. The fourth-order valence-corrected chi connectivity index (χ4v) is 2.96. The molecule has 0 aromatic heterocycles. The molecule has 1 fully saturated rings. The van der Waals surface area contributed by atoms with Crippen molar-refractivity contribution < 1.29 is 9.59 Å². The Kier molecular flexibility index (Phi) is 4.65. The Morgan fingerprint density at radius 1 is 0.833 bits per heavy atom. The van der Waals surface area contributed by atoms with Crippen LogP contribution in [-0.2, 0) is 4.79 Å². The molecule has 1 aliphatic heterocycles. The summed E-state index contributed by atoms with van der Waals surface area (Å²) in [4.78, 5) is 28.7. The van der Waals surface area contributed by atoms with Crippen LogP contribution in [0.3, 0.4) is 0 Å². The predicted molar refractivity (Wildman–Crippen MR) is 95.5 cm³/mol. The number of rotatable bonds is 3. The molecule has 1 heterocycles. The number of ketones is 1. The van der Waals surface area contributed by atoms with Crippen LogP contribution in [0.2, 0.25) is 0 Å². The van der Waals surface area contributed by atoms with Crippen LogP contribution in [0.1, 0.15) is 21.5 Å². The molecular formula is C20H22N2O2. The quantitative estimate of drug-likeness (QED) is 0.644. The molecule has 0 unspecified atom stereocenters. The predicted octanol–water partition coefficient (Wildman–Crippen LogP) is 2.83. The summed E-state index contributed by atoms with van der Waals surface area (Å²) in [6.45, 7) is 6.67. The molecule has 2 aromatic carbocycles. The first kappa shape index (κ1) is 16.2.